The average Bonchev–Trinajstić information content (AvgIpc) is 2.89. The molecule has 1 aromatic rings. The predicted octanol–water partition coefficient (Wildman–Crippen LogP) is 3.34. The van der Waals surface area contributed by atoms with Crippen molar-refractivity contribution in [1.82, 2.24) is 0 Å². The van der Waals surface area contributed by atoms with Crippen molar-refractivity contribution in [2.45, 2.75) is 20.0 Å². The van der Waals surface area contributed by atoms with E-state index >= 15 is 0 Å². The van der Waals surface area contributed by atoms with Gasteiger partial charge < -0.3 is 9.47 Å². The lowest BCUT2D eigenvalue weighted by atomic mass is 10.1. The van der Waals surface area contributed by atoms with Gasteiger partial charge >= 0.3 is 0 Å². The van der Waals surface area contributed by atoms with Gasteiger partial charge in [-0.2, -0.15) is 0 Å². The Morgan fingerprint density at radius 2 is 1.82 bits per heavy atom. The molecule has 0 saturated heterocycles. The molecule has 2 unspecified atom stereocenters. The van der Waals surface area contributed by atoms with Crippen LogP contribution in [-0.4, -0.2) is 20.3 Å². The molecule has 0 N–H and O–H groups in total. The highest BCUT2D eigenvalue weighted by Gasteiger charge is 2.61. The van der Waals surface area contributed by atoms with Crippen LogP contribution in [0.5, 0.6) is 0 Å². The molecule has 2 heteroatoms. The van der Waals surface area contributed by atoms with Crippen LogP contribution < -0.4 is 0 Å². The maximum absolute atomic E-state index is 5.53. The van der Waals surface area contributed by atoms with Gasteiger partial charge in [-0.15, -0.1) is 0 Å². The van der Waals surface area contributed by atoms with E-state index < -0.39 is 0 Å². The van der Waals surface area contributed by atoms with E-state index in [0.29, 0.717) is 5.92 Å². The zero-order valence-electron chi connectivity index (χ0n) is 10.9. The SMILES string of the molecule is CO/C(=C\c1ccccc1)C1C(OC)C1(C)C. The van der Waals surface area contributed by atoms with Crippen LogP contribution in [-0.2, 0) is 9.47 Å². The summed E-state index contributed by atoms with van der Waals surface area (Å²) in [6, 6.07) is 10.2. The quantitative estimate of drug-likeness (QED) is 0.741. The van der Waals surface area contributed by atoms with E-state index in [1.54, 1.807) is 14.2 Å². The minimum absolute atomic E-state index is 0.172. The van der Waals surface area contributed by atoms with Crippen LogP contribution in [0, 0.1) is 11.3 Å². The summed E-state index contributed by atoms with van der Waals surface area (Å²) in [7, 11) is 3.50. The second-order valence-corrected chi connectivity index (χ2v) is 5.12. The lowest BCUT2D eigenvalue weighted by Gasteiger charge is -2.07. The molecule has 1 fully saturated rings. The second-order valence-electron chi connectivity index (χ2n) is 5.12. The van der Waals surface area contributed by atoms with Crippen LogP contribution in [0.4, 0.5) is 0 Å². The number of hydrogen-bond donors (Lipinski definition) is 0. The molecule has 1 aliphatic carbocycles. The van der Waals surface area contributed by atoms with Crippen molar-refractivity contribution in [2.24, 2.45) is 11.3 Å². The standard InChI is InChI=1S/C15H20O2/c1-15(2)13(14(15)17-4)12(16-3)10-11-8-6-5-7-9-11/h5-10,13-14H,1-4H3/b12-10-. The van der Waals surface area contributed by atoms with Crippen molar-refractivity contribution in [2.75, 3.05) is 14.2 Å². The van der Waals surface area contributed by atoms with Crippen molar-refractivity contribution in [3.8, 4) is 0 Å². The number of ether oxygens (including phenoxy) is 2. The normalized spacial score (nSPS) is 26.7. The van der Waals surface area contributed by atoms with Crippen molar-refractivity contribution in [1.29, 1.82) is 0 Å². The first kappa shape index (κ1) is 12.2. The Morgan fingerprint density at radius 3 is 2.29 bits per heavy atom. The van der Waals surface area contributed by atoms with Crippen LogP contribution in [0.2, 0.25) is 0 Å². The molecule has 0 bridgehead atoms. The monoisotopic (exact) mass is 232 g/mol. The molecule has 1 aliphatic rings. The van der Waals surface area contributed by atoms with Gasteiger partial charge in [0.2, 0.25) is 0 Å². The molecule has 2 nitrogen and oxygen atoms in total. The second kappa shape index (κ2) is 4.53. The molecule has 1 saturated carbocycles. The first-order valence-corrected chi connectivity index (χ1v) is 5.94. The highest BCUT2D eigenvalue weighted by Crippen LogP contribution is 2.57. The summed E-state index contributed by atoms with van der Waals surface area (Å²) >= 11 is 0. The van der Waals surface area contributed by atoms with Crippen LogP contribution in [0.1, 0.15) is 19.4 Å². The predicted molar refractivity (Wildman–Crippen MR) is 69.5 cm³/mol. The van der Waals surface area contributed by atoms with E-state index in [0.717, 1.165) is 5.76 Å². The van der Waals surface area contributed by atoms with Gasteiger partial charge in [-0.25, -0.2) is 0 Å². The third-order valence-corrected chi connectivity index (χ3v) is 3.63. The molecule has 0 aliphatic heterocycles. The van der Waals surface area contributed by atoms with Gasteiger partial charge in [0.25, 0.3) is 0 Å². The summed E-state index contributed by atoms with van der Waals surface area (Å²) < 4.78 is 11.0. The van der Waals surface area contributed by atoms with Crippen molar-refractivity contribution < 1.29 is 9.47 Å². The molecule has 0 radical (unpaired) electrons. The van der Waals surface area contributed by atoms with Gasteiger partial charge in [0.05, 0.1) is 19.1 Å². The van der Waals surface area contributed by atoms with Crippen molar-refractivity contribution in [3.63, 3.8) is 0 Å². The minimum Gasteiger partial charge on any atom is -0.501 e. The molecule has 17 heavy (non-hydrogen) atoms. The molecular formula is C15H20O2. The van der Waals surface area contributed by atoms with E-state index in [-0.39, 0.29) is 11.5 Å². The Hall–Kier alpha value is -1.28. The molecule has 1 aromatic carbocycles. The summed E-state index contributed by atoms with van der Waals surface area (Å²) in [5.74, 6) is 1.37. The highest BCUT2D eigenvalue weighted by atomic mass is 16.5. The van der Waals surface area contributed by atoms with Crippen LogP contribution in [0.3, 0.4) is 0 Å². The van der Waals surface area contributed by atoms with Gasteiger partial charge in [-0.05, 0) is 11.6 Å². The maximum Gasteiger partial charge on any atom is 0.102 e. The Kier molecular flexibility index (Phi) is 3.25. The van der Waals surface area contributed by atoms with Gasteiger partial charge in [0, 0.05) is 12.5 Å². The van der Waals surface area contributed by atoms with Gasteiger partial charge in [0.1, 0.15) is 5.76 Å². The van der Waals surface area contributed by atoms with Crippen LogP contribution >= 0.6 is 0 Å². The topological polar surface area (TPSA) is 18.5 Å². The Balaban J connectivity index is 2.22. The van der Waals surface area contributed by atoms with Crippen molar-refractivity contribution >= 4 is 6.08 Å². The summed E-state index contributed by atoms with van der Waals surface area (Å²) in [6.45, 7) is 4.42. The lowest BCUT2D eigenvalue weighted by molar-refractivity contribution is 0.144. The molecule has 2 rings (SSSR count). The largest absolute Gasteiger partial charge is 0.501 e. The maximum atomic E-state index is 5.53. The van der Waals surface area contributed by atoms with Crippen LogP contribution in [0.15, 0.2) is 36.1 Å². The van der Waals surface area contributed by atoms with Gasteiger partial charge in [0.15, 0.2) is 0 Å². The summed E-state index contributed by atoms with van der Waals surface area (Å²) in [6.07, 6.45) is 2.36. The fourth-order valence-corrected chi connectivity index (χ4v) is 2.54. The Morgan fingerprint density at radius 1 is 1.18 bits per heavy atom. The minimum atomic E-state index is 0.172. The third kappa shape index (κ3) is 2.22. The third-order valence-electron chi connectivity index (χ3n) is 3.63. The average molecular weight is 232 g/mol. The van der Waals surface area contributed by atoms with E-state index in [4.69, 9.17) is 9.47 Å². The Labute approximate surface area is 103 Å². The number of hydrogen-bond acceptors (Lipinski definition) is 2. The smallest absolute Gasteiger partial charge is 0.102 e. The molecule has 2 atom stereocenters. The molecular weight excluding hydrogens is 212 g/mol. The van der Waals surface area contributed by atoms with E-state index in [2.05, 4.69) is 32.1 Å². The van der Waals surface area contributed by atoms with Crippen LogP contribution in [0.25, 0.3) is 6.08 Å². The zero-order chi connectivity index (χ0) is 12.5. The lowest BCUT2D eigenvalue weighted by Crippen LogP contribution is -1.97. The first-order chi connectivity index (χ1) is 8.11. The summed E-state index contributed by atoms with van der Waals surface area (Å²) in [4.78, 5) is 0. The first-order valence-electron chi connectivity index (χ1n) is 5.94. The highest BCUT2D eigenvalue weighted by molar-refractivity contribution is 5.53. The molecule has 0 aromatic heterocycles. The molecule has 0 amide bonds. The molecule has 92 valence electrons. The molecule has 0 spiro atoms. The van der Waals surface area contributed by atoms with Gasteiger partial charge in [-0.1, -0.05) is 44.2 Å². The number of methoxy groups -OCH3 is 2. The van der Waals surface area contributed by atoms with E-state index in [9.17, 15) is 0 Å². The summed E-state index contributed by atoms with van der Waals surface area (Å²) in [5, 5.41) is 0. The number of benzene rings is 1. The van der Waals surface area contributed by atoms with E-state index in [1.165, 1.54) is 5.56 Å². The zero-order valence-corrected chi connectivity index (χ0v) is 10.9. The van der Waals surface area contributed by atoms with Crippen molar-refractivity contribution in [3.05, 3.63) is 41.7 Å². The number of rotatable bonds is 4. The Bertz CT molecular complexity index is 406. The van der Waals surface area contributed by atoms with Gasteiger partial charge in [-0.3, -0.25) is 0 Å². The fourth-order valence-electron chi connectivity index (χ4n) is 2.54. The fraction of sp³-hybridized carbons (Fsp3) is 0.467. The summed E-state index contributed by atoms with van der Waals surface area (Å²) in [5.41, 5.74) is 1.34. The van der Waals surface area contributed by atoms with E-state index in [1.807, 2.05) is 18.2 Å². The molecule has 0 heterocycles.